The summed E-state index contributed by atoms with van der Waals surface area (Å²) in [6, 6.07) is 13.6. The van der Waals surface area contributed by atoms with Crippen LogP contribution in [0.3, 0.4) is 0 Å². The predicted octanol–water partition coefficient (Wildman–Crippen LogP) is 4.94. The quantitative estimate of drug-likeness (QED) is 0.337. The number of amides is 1. The van der Waals surface area contributed by atoms with Crippen molar-refractivity contribution < 1.29 is 17.9 Å². The Morgan fingerprint density at radius 1 is 1.17 bits per heavy atom. The van der Waals surface area contributed by atoms with Crippen LogP contribution in [0.2, 0.25) is 0 Å². The molecule has 3 aromatic heterocycles. The van der Waals surface area contributed by atoms with Crippen molar-refractivity contribution in [2.24, 2.45) is 7.05 Å². The van der Waals surface area contributed by atoms with Gasteiger partial charge in [-0.3, -0.25) is 10.00 Å². The van der Waals surface area contributed by atoms with Gasteiger partial charge in [0.25, 0.3) is 0 Å². The van der Waals surface area contributed by atoms with Gasteiger partial charge in [0, 0.05) is 21.3 Å². The van der Waals surface area contributed by atoms with E-state index < -0.39 is 27.8 Å². The Morgan fingerprint density at radius 3 is 2.56 bits per heavy atom. The fourth-order valence-electron chi connectivity index (χ4n) is 3.90. The van der Waals surface area contributed by atoms with E-state index in [-0.39, 0.29) is 0 Å². The van der Waals surface area contributed by atoms with E-state index in [9.17, 15) is 13.2 Å². The van der Waals surface area contributed by atoms with Gasteiger partial charge in [-0.25, -0.2) is 17.9 Å². The molecule has 1 aliphatic rings. The highest BCUT2D eigenvalue weighted by molar-refractivity contribution is 7.88. The fraction of sp³-hybridized carbons (Fsp3) is 0.280. The Kier molecular flexibility index (Phi) is 6.38. The third-order valence-corrected chi connectivity index (χ3v) is 9.02. The molecule has 1 amide bonds. The van der Waals surface area contributed by atoms with Crippen LogP contribution < -0.4 is 10.0 Å². The standard InChI is InChI=1S/C25H24N4O4S3/c1-16(17-7-5-4-6-8-17)33-24(30)27-23-18(15-26-29(23)2)9-10-19-13-20-21(34-19)14-22(35-20)25(11-12-25)28-36(3,31)32/h4-8,13-16,28H,11-12H2,1-3H3,(H,27,30). The first kappa shape index (κ1) is 24.5. The lowest BCUT2D eigenvalue weighted by molar-refractivity contribution is 0.121. The van der Waals surface area contributed by atoms with Crippen molar-refractivity contribution in [3.63, 3.8) is 0 Å². The Morgan fingerprint density at radius 2 is 1.89 bits per heavy atom. The number of ether oxygens (including phenoxy) is 1. The van der Waals surface area contributed by atoms with Gasteiger partial charge in [0.2, 0.25) is 10.0 Å². The maximum atomic E-state index is 12.5. The number of hydrogen-bond acceptors (Lipinski definition) is 7. The van der Waals surface area contributed by atoms with Crippen molar-refractivity contribution in [1.29, 1.82) is 0 Å². The molecule has 2 N–H and O–H groups in total. The second-order valence-corrected chi connectivity index (χ2v) is 12.7. The van der Waals surface area contributed by atoms with Gasteiger partial charge in [0.05, 0.1) is 28.4 Å². The molecule has 36 heavy (non-hydrogen) atoms. The van der Waals surface area contributed by atoms with Crippen LogP contribution in [-0.2, 0) is 27.3 Å². The number of benzene rings is 1. The van der Waals surface area contributed by atoms with Crippen molar-refractivity contribution in [2.45, 2.75) is 31.4 Å². The van der Waals surface area contributed by atoms with Crippen molar-refractivity contribution in [2.75, 3.05) is 11.6 Å². The zero-order valence-corrected chi connectivity index (χ0v) is 22.3. The van der Waals surface area contributed by atoms with Crippen molar-refractivity contribution in [3.8, 4) is 11.8 Å². The molecule has 1 unspecified atom stereocenters. The summed E-state index contributed by atoms with van der Waals surface area (Å²) < 4.78 is 35.5. The van der Waals surface area contributed by atoms with Crippen LogP contribution in [0.5, 0.6) is 0 Å². The highest BCUT2D eigenvalue weighted by Gasteiger charge is 2.47. The Labute approximate surface area is 217 Å². The molecule has 11 heteroatoms. The number of nitrogens with one attached hydrogen (secondary N) is 2. The van der Waals surface area contributed by atoms with Gasteiger partial charge in [-0.2, -0.15) is 5.10 Å². The van der Waals surface area contributed by atoms with Gasteiger partial charge in [0.15, 0.2) is 0 Å². The minimum atomic E-state index is -3.28. The zero-order valence-electron chi connectivity index (χ0n) is 19.9. The topological polar surface area (TPSA) is 102 Å². The summed E-state index contributed by atoms with van der Waals surface area (Å²) in [6.45, 7) is 1.81. The van der Waals surface area contributed by atoms with Crippen molar-refractivity contribution in [3.05, 3.63) is 69.5 Å². The number of hydrogen-bond donors (Lipinski definition) is 2. The van der Waals surface area contributed by atoms with Gasteiger partial charge in [-0.15, -0.1) is 22.7 Å². The Hall–Kier alpha value is -3.17. The molecule has 1 atom stereocenters. The summed E-state index contributed by atoms with van der Waals surface area (Å²) >= 11 is 3.15. The average molecular weight is 541 g/mol. The van der Waals surface area contributed by atoms with Crippen LogP contribution in [0.4, 0.5) is 10.6 Å². The number of carbonyl (C=O) groups excluding carboxylic acids is 1. The van der Waals surface area contributed by atoms with E-state index >= 15 is 0 Å². The number of rotatable bonds is 6. The lowest BCUT2D eigenvalue weighted by Crippen LogP contribution is -2.33. The molecular weight excluding hydrogens is 517 g/mol. The number of carbonyl (C=O) groups is 1. The molecule has 8 nitrogen and oxygen atoms in total. The molecule has 0 aliphatic heterocycles. The first-order chi connectivity index (χ1) is 17.1. The number of sulfonamides is 1. The molecule has 186 valence electrons. The number of thiophene rings is 2. The monoisotopic (exact) mass is 540 g/mol. The Balaban J connectivity index is 1.30. The van der Waals surface area contributed by atoms with Crippen molar-refractivity contribution in [1.82, 2.24) is 14.5 Å². The van der Waals surface area contributed by atoms with Crippen LogP contribution in [0.1, 0.15) is 46.8 Å². The van der Waals surface area contributed by atoms with E-state index in [0.29, 0.717) is 11.4 Å². The lowest BCUT2D eigenvalue weighted by Gasteiger charge is -2.14. The lowest BCUT2D eigenvalue weighted by atomic mass is 10.1. The summed E-state index contributed by atoms with van der Waals surface area (Å²) in [7, 11) is -1.55. The molecule has 1 fully saturated rings. The summed E-state index contributed by atoms with van der Waals surface area (Å²) in [6.07, 6.45) is 3.43. The smallest absolute Gasteiger partial charge is 0.413 e. The van der Waals surface area contributed by atoms with E-state index in [1.54, 1.807) is 40.6 Å². The molecular formula is C25H24N4O4S3. The second kappa shape index (κ2) is 9.37. The van der Waals surface area contributed by atoms with E-state index in [1.165, 1.54) is 6.26 Å². The number of nitrogens with zero attached hydrogens (tertiary/aromatic N) is 2. The zero-order chi connectivity index (χ0) is 25.5. The first-order valence-corrected chi connectivity index (χ1v) is 14.7. The number of aromatic nitrogens is 2. The molecule has 0 bridgehead atoms. The molecule has 4 aromatic rings. The maximum Gasteiger partial charge on any atom is 0.413 e. The van der Waals surface area contributed by atoms with Gasteiger partial charge < -0.3 is 4.74 Å². The van der Waals surface area contributed by atoms with E-state index in [0.717, 1.165) is 37.6 Å². The minimum absolute atomic E-state index is 0.402. The Bertz CT molecular complexity index is 1570. The number of fused-ring (bicyclic) bond motifs is 1. The molecule has 0 radical (unpaired) electrons. The molecule has 1 aromatic carbocycles. The average Bonchev–Trinajstić information content (AvgIpc) is 3.13. The third kappa shape index (κ3) is 5.32. The minimum Gasteiger partial charge on any atom is -0.441 e. The van der Waals surface area contributed by atoms with Crippen LogP contribution in [0.25, 0.3) is 9.40 Å². The highest BCUT2D eigenvalue weighted by atomic mass is 32.2. The molecule has 1 aliphatic carbocycles. The summed E-state index contributed by atoms with van der Waals surface area (Å²) in [5.41, 5.74) is 1.03. The predicted molar refractivity (Wildman–Crippen MR) is 143 cm³/mol. The number of anilines is 1. The normalized spacial score (nSPS) is 15.2. The molecule has 1 saturated carbocycles. The van der Waals surface area contributed by atoms with Gasteiger partial charge in [0.1, 0.15) is 11.9 Å². The van der Waals surface area contributed by atoms with Gasteiger partial charge >= 0.3 is 6.09 Å². The molecule has 0 spiro atoms. The van der Waals surface area contributed by atoms with Crippen LogP contribution in [0.15, 0.2) is 48.7 Å². The SMILES string of the molecule is CC(OC(=O)Nc1c(C#Cc2cc3sc(C4(NS(C)(=O)=O)CC4)cc3s2)cnn1C)c1ccccc1. The highest BCUT2D eigenvalue weighted by Crippen LogP contribution is 2.50. The maximum absolute atomic E-state index is 12.5. The number of aryl methyl sites for hydroxylation is 1. The van der Waals surface area contributed by atoms with Crippen LogP contribution in [0, 0.1) is 11.8 Å². The van der Waals surface area contributed by atoms with Crippen molar-refractivity contribution >= 4 is 54.0 Å². The van der Waals surface area contributed by atoms with E-state index in [2.05, 4.69) is 33.0 Å². The molecule has 0 saturated heterocycles. The third-order valence-electron chi connectivity index (χ3n) is 5.84. The van der Waals surface area contributed by atoms with E-state index in [4.69, 9.17) is 4.74 Å². The largest absolute Gasteiger partial charge is 0.441 e. The second-order valence-electron chi connectivity index (χ2n) is 8.77. The summed E-state index contributed by atoms with van der Waals surface area (Å²) in [5, 5.41) is 6.97. The van der Waals surface area contributed by atoms with Gasteiger partial charge in [-0.05, 0) is 37.5 Å². The first-order valence-electron chi connectivity index (χ1n) is 11.2. The van der Waals surface area contributed by atoms with E-state index in [1.807, 2.05) is 43.3 Å². The summed E-state index contributed by atoms with van der Waals surface area (Å²) in [4.78, 5) is 14.4. The summed E-state index contributed by atoms with van der Waals surface area (Å²) in [5.74, 6) is 6.71. The molecule has 3 heterocycles. The fourth-order valence-corrected chi connectivity index (χ4v) is 7.44. The van der Waals surface area contributed by atoms with Crippen LogP contribution in [-0.4, -0.2) is 30.5 Å². The molecule has 5 rings (SSSR count). The van der Waals surface area contributed by atoms with Crippen LogP contribution >= 0.6 is 22.7 Å². The van der Waals surface area contributed by atoms with Gasteiger partial charge in [-0.1, -0.05) is 42.2 Å².